The van der Waals surface area contributed by atoms with Crippen molar-refractivity contribution in [3.63, 3.8) is 0 Å². The first-order chi connectivity index (χ1) is 15.0. The van der Waals surface area contributed by atoms with Gasteiger partial charge in [0.15, 0.2) is 11.5 Å². The third-order valence-electron chi connectivity index (χ3n) is 5.37. The number of rotatable bonds is 11. The van der Waals surface area contributed by atoms with E-state index in [1.807, 2.05) is 38.1 Å². The van der Waals surface area contributed by atoms with E-state index in [4.69, 9.17) is 14.2 Å². The zero-order valence-electron chi connectivity index (χ0n) is 18.5. The van der Waals surface area contributed by atoms with Crippen molar-refractivity contribution < 1.29 is 22.6 Å². The van der Waals surface area contributed by atoms with Crippen LogP contribution in [0.4, 0.5) is 0 Å². The van der Waals surface area contributed by atoms with Gasteiger partial charge in [0.05, 0.1) is 25.2 Å². The van der Waals surface area contributed by atoms with Gasteiger partial charge < -0.3 is 14.2 Å². The summed E-state index contributed by atoms with van der Waals surface area (Å²) < 4.78 is 45.3. The van der Waals surface area contributed by atoms with Crippen LogP contribution in [0.5, 0.6) is 17.2 Å². The molecular weight excluding hydrogens is 416 g/mol. The van der Waals surface area contributed by atoms with Crippen LogP contribution in [0.15, 0.2) is 47.4 Å². The van der Waals surface area contributed by atoms with E-state index in [1.54, 1.807) is 19.2 Å². The average molecular weight is 449 g/mol. The van der Waals surface area contributed by atoms with Crippen molar-refractivity contribution in [3.05, 3.63) is 48.0 Å². The lowest BCUT2D eigenvalue weighted by molar-refractivity contribution is 0.246. The van der Waals surface area contributed by atoms with Crippen LogP contribution in [-0.4, -0.2) is 53.3 Å². The molecule has 8 heteroatoms. The Morgan fingerprint density at radius 1 is 0.968 bits per heavy atom. The van der Waals surface area contributed by atoms with Gasteiger partial charge in [-0.25, -0.2) is 13.1 Å². The lowest BCUT2D eigenvalue weighted by Gasteiger charge is -2.28. The number of benzene rings is 2. The standard InChI is InChI=1S/C23H32N2O5S/c1-4-29-22-13-12-20(16-23(22)30-5-2)31(26,27)24-17-21(25-14-6-7-15-25)18-8-10-19(28-3)11-9-18/h8-13,16,21,24H,4-7,14-15,17H2,1-3H3. The number of sulfonamides is 1. The van der Waals surface area contributed by atoms with E-state index in [1.165, 1.54) is 6.07 Å². The van der Waals surface area contributed by atoms with Crippen molar-refractivity contribution in [1.82, 2.24) is 9.62 Å². The summed E-state index contributed by atoms with van der Waals surface area (Å²) in [5.74, 6) is 1.75. The minimum absolute atomic E-state index is 0.0442. The van der Waals surface area contributed by atoms with Gasteiger partial charge in [-0.05, 0) is 69.6 Å². The van der Waals surface area contributed by atoms with Crippen LogP contribution in [0.25, 0.3) is 0 Å². The van der Waals surface area contributed by atoms with E-state index in [-0.39, 0.29) is 17.5 Å². The fourth-order valence-corrected chi connectivity index (χ4v) is 4.86. The van der Waals surface area contributed by atoms with Crippen molar-refractivity contribution in [2.45, 2.75) is 37.6 Å². The fourth-order valence-electron chi connectivity index (χ4n) is 3.81. The van der Waals surface area contributed by atoms with Gasteiger partial charge in [0.2, 0.25) is 10.0 Å². The maximum Gasteiger partial charge on any atom is 0.240 e. The van der Waals surface area contributed by atoms with Gasteiger partial charge in [0.25, 0.3) is 0 Å². The largest absolute Gasteiger partial charge is 0.497 e. The number of nitrogens with one attached hydrogen (secondary N) is 1. The van der Waals surface area contributed by atoms with Gasteiger partial charge in [0.1, 0.15) is 5.75 Å². The molecule has 1 aliphatic rings. The van der Waals surface area contributed by atoms with E-state index in [0.29, 0.717) is 24.7 Å². The van der Waals surface area contributed by atoms with E-state index >= 15 is 0 Å². The van der Waals surface area contributed by atoms with Crippen LogP contribution in [0, 0.1) is 0 Å². The van der Waals surface area contributed by atoms with Gasteiger partial charge in [-0.1, -0.05) is 12.1 Å². The minimum atomic E-state index is -3.72. The molecule has 170 valence electrons. The highest BCUT2D eigenvalue weighted by molar-refractivity contribution is 7.89. The van der Waals surface area contributed by atoms with Gasteiger partial charge in [0, 0.05) is 18.7 Å². The Labute approximate surface area is 185 Å². The molecule has 1 saturated heterocycles. The predicted molar refractivity (Wildman–Crippen MR) is 121 cm³/mol. The van der Waals surface area contributed by atoms with Crippen LogP contribution >= 0.6 is 0 Å². The summed E-state index contributed by atoms with van der Waals surface area (Å²) in [7, 11) is -2.08. The zero-order chi connectivity index (χ0) is 22.3. The summed E-state index contributed by atoms with van der Waals surface area (Å²) >= 11 is 0. The molecule has 0 bridgehead atoms. The van der Waals surface area contributed by atoms with Crippen LogP contribution in [0.1, 0.15) is 38.3 Å². The maximum absolute atomic E-state index is 13.1. The molecule has 1 aliphatic heterocycles. The Morgan fingerprint density at radius 2 is 1.61 bits per heavy atom. The van der Waals surface area contributed by atoms with Gasteiger partial charge in [-0.2, -0.15) is 0 Å². The molecule has 31 heavy (non-hydrogen) atoms. The molecule has 2 aromatic rings. The molecular formula is C23H32N2O5S. The number of nitrogens with zero attached hydrogens (tertiary/aromatic N) is 1. The molecule has 0 radical (unpaired) electrons. The first-order valence-electron chi connectivity index (χ1n) is 10.8. The van der Waals surface area contributed by atoms with Crippen molar-refractivity contribution in [2.75, 3.05) is 40.0 Å². The topological polar surface area (TPSA) is 77.1 Å². The lowest BCUT2D eigenvalue weighted by atomic mass is 10.1. The molecule has 0 spiro atoms. The molecule has 0 aromatic heterocycles. The summed E-state index contributed by atoms with van der Waals surface area (Å²) in [6, 6.07) is 12.5. The van der Waals surface area contributed by atoms with Crippen molar-refractivity contribution in [3.8, 4) is 17.2 Å². The smallest absolute Gasteiger partial charge is 0.240 e. The summed E-state index contributed by atoms with van der Waals surface area (Å²) in [4.78, 5) is 2.49. The quantitative estimate of drug-likeness (QED) is 0.566. The van der Waals surface area contributed by atoms with Crippen LogP contribution in [0.3, 0.4) is 0 Å². The van der Waals surface area contributed by atoms with Gasteiger partial charge in [-0.15, -0.1) is 0 Å². The molecule has 1 atom stereocenters. The lowest BCUT2D eigenvalue weighted by Crippen LogP contribution is -2.36. The monoisotopic (exact) mass is 448 g/mol. The highest BCUT2D eigenvalue weighted by Gasteiger charge is 2.26. The summed E-state index contributed by atoms with van der Waals surface area (Å²) in [6.07, 6.45) is 2.24. The molecule has 7 nitrogen and oxygen atoms in total. The number of hydrogen-bond acceptors (Lipinski definition) is 6. The van der Waals surface area contributed by atoms with Crippen LogP contribution < -0.4 is 18.9 Å². The van der Waals surface area contributed by atoms with E-state index in [9.17, 15) is 8.42 Å². The third kappa shape index (κ3) is 5.90. The predicted octanol–water partition coefficient (Wildman–Crippen LogP) is 3.61. The summed E-state index contributed by atoms with van der Waals surface area (Å²) in [5, 5.41) is 0. The van der Waals surface area contributed by atoms with E-state index in [2.05, 4.69) is 9.62 Å². The molecule has 0 aliphatic carbocycles. The molecule has 1 fully saturated rings. The van der Waals surface area contributed by atoms with Crippen LogP contribution in [-0.2, 0) is 10.0 Å². The van der Waals surface area contributed by atoms with Crippen LogP contribution in [0.2, 0.25) is 0 Å². The molecule has 1 unspecified atom stereocenters. The number of hydrogen-bond donors (Lipinski definition) is 1. The molecule has 3 rings (SSSR count). The van der Waals surface area contributed by atoms with E-state index < -0.39 is 10.0 Å². The maximum atomic E-state index is 13.1. The Hall–Kier alpha value is -2.29. The first kappa shape index (κ1) is 23.4. The van der Waals surface area contributed by atoms with Crippen molar-refractivity contribution in [1.29, 1.82) is 0 Å². The number of methoxy groups -OCH3 is 1. The first-order valence-corrected chi connectivity index (χ1v) is 12.2. The van der Waals surface area contributed by atoms with Crippen molar-refractivity contribution in [2.24, 2.45) is 0 Å². The zero-order valence-corrected chi connectivity index (χ0v) is 19.3. The third-order valence-corrected chi connectivity index (χ3v) is 6.80. The molecule has 0 saturated carbocycles. The second-order valence-corrected chi connectivity index (χ2v) is 9.13. The molecule has 1 N–H and O–H groups in total. The minimum Gasteiger partial charge on any atom is -0.497 e. The SMILES string of the molecule is CCOc1ccc(S(=O)(=O)NCC(c2ccc(OC)cc2)N2CCCC2)cc1OCC. The van der Waals surface area contributed by atoms with Crippen molar-refractivity contribution >= 4 is 10.0 Å². The fraction of sp³-hybridized carbons (Fsp3) is 0.478. The molecule has 1 heterocycles. The second kappa shape index (κ2) is 10.8. The average Bonchev–Trinajstić information content (AvgIpc) is 3.30. The number of ether oxygens (including phenoxy) is 3. The van der Waals surface area contributed by atoms with E-state index in [0.717, 1.165) is 37.2 Å². The number of likely N-dealkylation sites (tertiary alicyclic amines) is 1. The normalized spacial score (nSPS) is 15.6. The Balaban J connectivity index is 1.80. The Kier molecular flexibility index (Phi) is 8.17. The highest BCUT2D eigenvalue weighted by atomic mass is 32.2. The molecule has 0 amide bonds. The highest BCUT2D eigenvalue weighted by Crippen LogP contribution is 2.31. The Morgan fingerprint density at radius 3 is 2.23 bits per heavy atom. The van der Waals surface area contributed by atoms with Gasteiger partial charge >= 0.3 is 0 Å². The summed E-state index contributed by atoms with van der Waals surface area (Å²) in [6.45, 7) is 6.82. The summed E-state index contributed by atoms with van der Waals surface area (Å²) in [5.41, 5.74) is 1.06. The van der Waals surface area contributed by atoms with Gasteiger partial charge in [-0.3, -0.25) is 4.90 Å². The Bertz CT molecular complexity index is 941. The molecule has 2 aromatic carbocycles. The second-order valence-electron chi connectivity index (χ2n) is 7.36.